The number of carbonyl (C=O) groups excluding carboxylic acids is 1. The fraction of sp³-hybridized carbons (Fsp3) is 0.381. The third-order valence-corrected chi connectivity index (χ3v) is 5.82. The van der Waals surface area contributed by atoms with Crippen molar-refractivity contribution in [2.24, 2.45) is 0 Å². The van der Waals surface area contributed by atoms with E-state index in [2.05, 4.69) is 37.0 Å². The minimum atomic E-state index is -1.07. The molecule has 0 radical (unpaired) electrons. The van der Waals surface area contributed by atoms with Gasteiger partial charge in [-0.05, 0) is 30.4 Å². The monoisotopic (exact) mass is 452 g/mol. The Kier molecular flexibility index (Phi) is 11.7. The number of thiocarbonyl (C=S) groups is 1. The van der Waals surface area contributed by atoms with Gasteiger partial charge in [0.2, 0.25) is 0 Å². The lowest BCUT2D eigenvalue weighted by atomic mass is 10.3. The molecule has 2 rings (SSSR count). The van der Waals surface area contributed by atoms with Crippen molar-refractivity contribution < 1.29 is 14.7 Å². The first-order valence-corrected chi connectivity index (χ1v) is 11.5. The van der Waals surface area contributed by atoms with Gasteiger partial charge in [-0.25, -0.2) is 0 Å². The van der Waals surface area contributed by atoms with Gasteiger partial charge in [-0.1, -0.05) is 80.3 Å². The molecule has 0 spiro atoms. The highest BCUT2D eigenvalue weighted by Gasteiger charge is 2.32. The molecule has 1 aliphatic heterocycles. The normalized spacial score (nSPS) is 15.0. The van der Waals surface area contributed by atoms with Crippen LogP contribution in [0.1, 0.15) is 33.1 Å². The van der Waals surface area contributed by atoms with E-state index in [0.29, 0.717) is 15.6 Å². The second kappa shape index (κ2) is 13.5. The molecular formula is C21H28N2O3S3. The van der Waals surface area contributed by atoms with Crippen LogP contribution >= 0.6 is 35.7 Å². The molecule has 1 fully saturated rings. The molecule has 0 unspecified atom stereocenters. The summed E-state index contributed by atoms with van der Waals surface area (Å²) in [5.41, 5.74) is 1.17. The van der Waals surface area contributed by atoms with Gasteiger partial charge in [0.25, 0.3) is 5.91 Å². The van der Waals surface area contributed by atoms with Gasteiger partial charge in [0.15, 0.2) is 0 Å². The van der Waals surface area contributed by atoms with Crippen LogP contribution in [0.15, 0.2) is 51.6 Å². The summed E-state index contributed by atoms with van der Waals surface area (Å²) in [7, 11) is 4.04. The molecule has 1 aliphatic rings. The Morgan fingerprint density at radius 1 is 1.28 bits per heavy atom. The number of carboxylic acids is 1. The number of para-hydroxylation sites is 1. The average Bonchev–Trinajstić information content (AvgIpc) is 2.92. The molecule has 0 saturated carbocycles. The molecule has 8 heteroatoms. The molecule has 1 aromatic rings. The van der Waals surface area contributed by atoms with Crippen molar-refractivity contribution in [2.75, 3.05) is 25.5 Å². The number of thioether (sulfide) groups is 2. The fourth-order valence-electron chi connectivity index (χ4n) is 2.24. The Balaban J connectivity index is 0.00000132. The van der Waals surface area contributed by atoms with Crippen LogP contribution < -0.4 is 4.90 Å². The zero-order valence-corrected chi connectivity index (χ0v) is 19.7. The molecule has 0 bridgehead atoms. The Labute approximate surface area is 187 Å². The summed E-state index contributed by atoms with van der Waals surface area (Å²) in [6.45, 7) is 3.86. The molecular weight excluding hydrogens is 424 g/mol. The Bertz CT molecular complexity index is 776. The molecule has 158 valence electrons. The highest BCUT2D eigenvalue weighted by atomic mass is 32.2. The van der Waals surface area contributed by atoms with Gasteiger partial charge in [0.1, 0.15) is 10.9 Å². The number of unbranched alkanes of at least 4 members (excludes halogenated alkanes) is 1. The van der Waals surface area contributed by atoms with Crippen LogP contribution in [0.2, 0.25) is 0 Å². The predicted molar refractivity (Wildman–Crippen MR) is 129 cm³/mol. The van der Waals surface area contributed by atoms with Crippen LogP contribution in [0.5, 0.6) is 0 Å². The maximum Gasteiger partial charge on any atom is 0.323 e. The van der Waals surface area contributed by atoms with Crippen molar-refractivity contribution in [3.63, 3.8) is 0 Å². The second-order valence-corrected chi connectivity index (χ2v) is 8.98. The molecule has 1 N–H and O–H groups in total. The maximum atomic E-state index is 12.1. The van der Waals surface area contributed by atoms with E-state index in [0.717, 1.165) is 23.1 Å². The van der Waals surface area contributed by atoms with E-state index in [-0.39, 0.29) is 12.5 Å². The highest BCUT2D eigenvalue weighted by molar-refractivity contribution is 8.26. The summed E-state index contributed by atoms with van der Waals surface area (Å²) in [6, 6.07) is 8.19. The van der Waals surface area contributed by atoms with E-state index in [1.807, 2.05) is 37.7 Å². The smallest absolute Gasteiger partial charge is 0.323 e. The molecule has 0 atom stereocenters. The van der Waals surface area contributed by atoms with Crippen LogP contribution in [0.25, 0.3) is 0 Å². The van der Waals surface area contributed by atoms with Crippen molar-refractivity contribution in [1.29, 1.82) is 0 Å². The number of benzene rings is 1. The third kappa shape index (κ3) is 8.64. The van der Waals surface area contributed by atoms with Gasteiger partial charge < -0.3 is 10.0 Å². The molecule has 1 amide bonds. The fourth-order valence-corrected chi connectivity index (χ4v) is 4.40. The molecule has 1 aromatic carbocycles. The van der Waals surface area contributed by atoms with Crippen molar-refractivity contribution in [2.45, 2.75) is 38.0 Å². The lowest BCUT2D eigenvalue weighted by Gasteiger charge is -2.15. The number of carboxylic acid groups (broad SMARTS) is 1. The number of hydrogen-bond acceptors (Lipinski definition) is 6. The van der Waals surface area contributed by atoms with E-state index in [1.54, 1.807) is 11.8 Å². The van der Waals surface area contributed by atoms with Crippen LogP contribution in [0.4, 0.5) is 5.69 Å². The number of amides is 1. The number of nitrogens with zero attached hydrogens (tertiary/aromatic N) is 2. The zero-order chi connectivity index (χ0) is 21.8. The quantitative estimate of drug-likeness (QED) is 0.246. The van der Waals surface area contributed by atoms with E-state index < -0.39 is 5.97 Å². The van der Waals surface area contributed by atoms with Gasteiger partial charge in [-0.3, -0.25) is 14.5 Å². The minimum Gasteiger partial charge on any atom is -0.480 e. The largest absolute Gasteiger partial charge is 0.480 e. The molecule has 5 nitrogen and oxygen atoms in total. The Hall–Kier alpha value is -1.77. The third-order valence-electron chi connectivity index (χ3n) is 3.47. The highest BCUT2D eigenvalue weighted by Crippen LogP contribution is 2.32. The molecule has 29 heavy (non-hydrogen) atoms. The van der Waals surface area contributed by atoms with Crippen molar-refractivity contribution in [3.8, 4) is 0 Å². The number of allylic oxidation sites excluding steroid dienone is 2. The lowest BCUT2D eigenvalue weighted by Crippen LogP contribution is -2.33. The van der Waals surface area contributed by atoms with Crippen molar-refractivity contribution in [1.82, 2.24) is 4.90 Å². The van der Waals surface area contributed by atoms with Crippen LogP contribution in [0.3, 0.4) is 0 Å². The molecule has 1 heterocycles. The standard InChI is InChI=1S/C18H20N2O3S3.C3H8/c1-19(2)13-8-5-6-9-14(13)25-11-7-3-4-10-15-17(23)20(12-16(21)22)18(24)26-15;1-3-2/h5-11H,3-4,12H2,1-2H3,(H,21,22);3H2,1-2H3/b11-7-,15-10-;. The summed E-state index contributed by atoms with van der Waals surface area (Å²) >= 11 is 7.88. The van der Waals surface area contributed by atoms with E-state index in [1.165, 1.54) is 17.0 Å². The molecule has 1 saturated heterocycles. The summed E-state index contributed by atoms with van der Waals surface area (Å²) in [5.74, 6) is -1.39. The first kappa shape index (κ1) is 25.3. The average molecular weight is 453 g/mol. The first-order chi connectivity index (χ1) is 13.8. The summed E-state index contributed by atoms with van der Waals surface area (Å²) < 4.78 is 0.301. The summed E-state index contributed by atoms with van der Waals surface area (Å²) in [4.78, 5) is 27.8. The summed E-state index contributed by atoms with van der Waals surface area (Å²) in [6.07, 6.45) is 6.62. The molecule has 0 aromatic heterocycles. The number of rotatable bonds is 8. The van der Waals surface area contributed by atoms with Gasteiger partial charge in [0, 0.05) is 19.0 Å². The van der Waals surface area contributed by atoms with E-state index >= 15 is 0 Å². The van der Waals surface area contributed by atoms with Crippen LogP contribution in [-0.4, -0.2) is 46.8 Å². The number of anilines is 1. The van der Waals surface area contributed by atoms with Gasteiger partial charge in [0.05, 0.1) is 10.6 Å². The van der Waals surface area contributed by atoms with Crippen molar-refractivity contribution >= 4 is 57.6 Å². The van der Waals surface area contributed by atoms with Crippen molar-refractivity contribution in [3.05, 3.63) is 46.7 Å². The Morgan fingerprint density at radius 3 is 2.55 bits per heavy atom. The van der Waals surface area contributed by atoms with Gasteiger partial charge in [-0.15, -0.1) is 0 Å². The molecule has 0 aliphatic carbocycles. The van der Waals surface area contributed by atoms with Gasteiger partial charge in [-0.2, -0.15) is 0 Å². The number of hydrogen-bond donors (Lipinski definition) is 1. The van der Waals surface area contributed by atoms with E-state index in [9.17, 15) is 9.59 Å². The SMILES string of the molecule is CCC.CN(C)c1ccccc1S/C=C\CC/C=C1\SC(=S)N(CC(=O)O)C1=O. The van der Waals surface area contributed by atoms with E-state index in [4.69, 9.17) is 17.3 Å². The van der Waals surface area contributed by atoms with Crippen LogP contribution in [-0.2, 0) is 9.59 Å². The Morgan fingerprint density at radius 2 is 1.93 bits per heavy atom. The summed E-state index contributed by atoms with van der Waals surface area (Å²) in [5, 5.41) is 10.9. The number of aliphatic carboxylic acids is 1. The first-order valence-electron chi connectivity index (χ1n) is 9.35. The topological polar surface area (TPSA) is 60.9 Å². The minimum absolute atomic E-state index is 0.301. The second-order valence-electron chi connectivity index (χ2n) is 6.36. The number of carbonyl (C=O) groups is 2. The predicted octanol–water partition coefficient (Wildman–Crippen LogP) is 5.38. The zero-order valence-electron chi connectivity index (χ0n) is 17.3. The lowest BCUT2D eigenvalue weighted by molar-refractivity contribution is -0.140. The van der Waals surface area contributed by atoms with Gasteiger partial charge >= 0.3 is 5.97 Å². The maximum absolute atomic E-state index is 12.1. The van der Waals surface area contributed by atoms with Crippen LogP contribution in [0, 0.1) is 0 Å².